The van der Waals surface area contributed by atoms with E-state index in [-0.39, 0.29) is 0 Å². The average molecular weight is 375 g/mol. The fraction of sp³-hybridized carbons (Fsp3) is 0.0385. The first-order chi connectivity index (χ1) is 14.2. The minimum Gasteiger partial charge on any atom is -0.455 e. The van der Waals surface area contributed by atoms with Crippen LogP contribution in [-0.2, 0) is 0 Å². The van der Waals surface area contributed by atoms with E-state index in [9.17, 15) is 0 Å². The predicted molar refractivity (Wildman–Crippen MR) is 118 cm³/mol. The van der Waals surface area contributed by atoms with Crippen molar-refractivity contribution >= 4 is 45.1 Å². The summed E-state index contributed by atoms with van der Waals surface area (Å²) in [5, 5.41) is 12.3. The molecule has 0 atom stereocenters. The van der Waals surface area contributed by atoms with Gasteiger partial charge in [-0.05, 0) is 42.8 Å². The van der Waals surface area contributed by atoms with Crippen molar-refractivity contribution in [2.75, 3.05) is 0 Å². The topological polar surface area (TPSA) is 50.1 Å². The van der Waals surface area contributed by atoms with Gasteiger partial charge < -0.3 is 8.83 Å². The van der Waals surface area contributed by atoms with E-state index in [2.05, 4.69) is 24.8 Å². The van der Waals surface area contributed by atoms with E-state index in [0.717, 1.165) is 55.4 Å². The number of rotatable bonds is 3. The summed E-state index contributed by atoms with van der Waals surface area (Å²) in [6, 6.07) is 19.8. The number of nitrogens with zero attached hydrogens (tertiary/aromatic N) is 1. The van der Waals surface area contributed by atoms with E-state index in [1.807, 2.05) is 61.5 Å². The zero-order chi connectivity index (χ0) is 20.0. The molecule has 29 heavy (non-hydrogen) atoms. The molecule has 0 aliphatic carbocycles. The average Bonchev–Trinajstić information content (AvgIpc) is 3.30. The molecule has 0 spiro atoms. The lowest BCUT2D eigenvalue weighted by atomic mass is 9.97. The van der Waals surface area contributed by atoms with Gasteiger partial charge in [-0.1, -0.05) is 49.1 Å². The van der Waals surface area contributed by atoms with Crippen molar-refractivity contribution in [1.29, 1.82) is 5.26 Å². The van der Waals surface area contributed by atoms with Crippen molar-refractivity contribution in [3.8, 4) is 17.2 Å². The van der Waals surface area contributed by atoms with Gasteiger partial charge in [-0.15, -0.1) is 0 Å². The largest absolute Gasteiger partial charge is 0.455 e. The maximum atomic E-state index is 9.16. The van der Waals surface area contributed by atoms with E-state index in [0.29, 0.717) is 5.56 Å². The second-order valence-electron chi connectivity index (χ2n) is 6.88. The van der Waals surface area contributed by atoms with Crippen LogP contribution in [0.15, 0.2) is 76.1 Å². The summed E-state index contributed by atoms with van der Waals surface area (Å²) in [7, 11) is 0. The molecule has 2 heterocycles. The standard InChI is InChI=1S/C26H17NO2/c1-3-7-18-20-14-21-19-8-5-6-9-23(19)29-26(21)24(25(20)28-22(18)4-2)17-12-10-16(15-27)11-13-17/h3-14H,2H2,1H3/b7-3-. The Labute approximate surface area is 167 Å². The van der Waals surface area contributed by atoms with Gasteiger partial charge in [0.1, 0.15) is 22.5 Å². The smallest absolute Gasteiger partial charge is 0.147 e. The normalized spacial score (nSPS) is 11.6. The quantitative estimate of drug-likeness (QED) is 0.327. The van der Waals surface area contributed by atoms with Gasteiger partial charge in [0.05, 0.1) is 17.2 Å². The number of hydrogen-bond acceptors (Lipinski definition) is 3. The first kappa shape index (κ1) is 17.1. The molecule has 0 aliphatic heterocycles. The van der Waals surface area contributed by atoms with E-state index >= 15 is 0 Å². The molecule has 3 heteroatoms. The summed E-state index contributed by atoms with van der Waals surface area (Å²) in [5.74, 6) is 0.727. The number of nitriles is 1. The maximum absolute atomic E-state index is 9.16. The van der Waals surface area contributed by atoms with Crippen molar-refractivity contribution in [2.24, 2.45) is 0 Å². The summed E-state index contributed by atoms with van der Waals surface area (Å²) in [4.78, 5) is 0. The van der Waals surface area contributed by atoms with Crippen LogP contribution in [0.4, 0.5) is 0 Å². The van der Waals surface area contributed by atoms with Crippen LogP contribution in [0.1, 0.15) is 23.8 Å². The molecule has 0 saturated carbocycles. The molecule has 5 rings (SSSR count). The molecule has 0 N–H and O–H groups in total. The van der Waals surface area contributed by atoms with Gasteiger partial charge >= 0.3 is 0 Å². The molecule has 0 aliphatic rings. The molecule has 0 saturated heterocycles. The van der Waals surface area contributed by atoms with Crippen LogP contribution in [0.3, 0.4) is 0 Å². The molecule has 2 aromatic heterocycles. The summed E-state index contributed by atoms with van der Waals surface area (Å²) in [5.41, 5.74) is 5.81. The maximum Gasteiger partial charge on any atom is 0.147 e. The Morgan fingerprint density at radius 3 is 2.41 bits per heavy atom. The number of benzene rings is 3. The Kier molecular flexibility index (Phi) is 3.86. The van der Waals surface area contributed by atoms with Crippen molar-refractivity contribution in [2.45, 2.75) is 6.92 Å². The van der Waals surface area contributed by atoms with Crippen molar-refractivity contribution in [3.63, 3.8) is 0 Å². The molecule has 0 amide bonds. The minimum absolute atomic E-state index is 0.614. The van der Waals surface area contributed by atoms with E-state index in [4.69, 9.17) is 14.1 Å². The monoisotopic (exact) mass is 375 g/mol. The highest BCUT2D eigenvalue weighted by Gasteiger charge is 2.21. The molecule has 0 fully saturated rings. The third-order valence-electron chi connectivity index (χ3n) is 5.21. The lowest BCUT2D eigenvalue weighted by Gasteiger charge is -2.05. The van der Waals surface area contributed by atoms with Crippen molar-refractivity contribution in [3.05, 3.63) is 84.1 Å². The van der Waals surface area contributed by atoms with E-state index in [1.165, 1.54) is 0 Å². The Hall–Kier alpha value is -4.03. The van der Waals surface area contributed by atoms with Gasteiger partial charge in [0.25, 0.3) is 0 Å². The SMILES string of the molecule is C=Cc1oc2c(-c3ccc(C#N)cc3)c3oc4ccccc4c3cc2c1/C=C\C. The Morgan fingerprint density at radius 2 is 1.69 bits per heavy atom. The van der Waals surface area contributed by atoms with Gasteiger partial charge in [-0.3, -0.25) is 0 Å². The fourth-order valence-corrected chi connectivity index (χ4v) is 3.91. The van der Waals surface area contributed by atoms with Crippen LogP contribution < -0.4 is 0 Å². The molecule has 0 unspecified atom stereocenters. The lowest BCUT2D eigenvalue weighted by Crippen LogP contribution is -1.83. The van der Waals surface area contributed by atoms with Gasteiger partial charge in [-0.2, -0.15) is 5.26 Å². The molecule has 138 valence electrons. The molecule has 0 bridgehead atoms. The molecule has 5 aromatic rings. The van der Waals surface area contributed by atoms with Crippen LogP contribution in [0, 0.1) is 11.3 Å². The van der Waals surface area contributed by atoms with Crippen LogP contribution in [0.5, 0.6) is 0 Å². The molecular formula is C26H17NO2. The summed E-state index contributed by atoms with van der Waals surface area (Å²) < 4.78 is 12.5. The lowest BCUT2D eigenvalue weighted by molar-refractivity contribution is 0.603. The van der Waals surface area contributed by atoms with Gasteiger partial charge in [-0.25, -0.2) is 0 Å². The van der Waals surface area contributed by atoms with Crippen molar-refractivity contribution < 1.29 is 8.83 Å². The molecule has 3 nitrogen and oxygen atoms in total. The highest BCUT2D eigenvalue weighted by molar-refractivity contribution is 6.18. The number of fused-ring (bicyclic) bond motifs is 4. The fourth-order valence-electron chi connectivity index (χ4n) is 3.91. The molecule has 3 aromatic carbocycles. The summed E-state index contributed by atoms with van der Waals surface area (Å²) >= 11 is 0. The molecular weight excluding hydrogens is 358 g/mol. The van der Waals surface area contributed by atoms with E-state index in [1.54, 1.807) is 6.08 Å². The highest BCUT2D eigenvalue weighted by Crippen LogP contribution is 2.44. The highest BCUT2D eigenvalue weighted by atomic mass is 16.3. The number of furan rings is 2. The Morgan fingerprint density at radius 1 is 0.931 bits per heavy atom. The third-order valence-corrected chi connectivity index (χ3v) is 5.21. The van der Waals surface area contributed by atoms with Crippen molar-refractivity contribution in [1.82, 2.24) is 0 Å². The summed E-state index contributed by atoms with van der Waals surface area (Å²) in [6.45, 7) is 5.90. The van der Waals surface area contributed by atoms with Gasteiger partial charge in [0, 0.05) is 21.7 Å². The number of hydrogen-bond donors (Lipinski definition) is 0. The van der Waals surface area contributed by atoms with Crippen LogP contribution >= 0.6 is 0 Å². The van der Waals surface area contributed by atoms with E-state index < -0.39 is 0 Å². The first-order valence-corrected chi connectivity index (χ1v) is 9.41. The Bertz CT molecular complexity index is 1470. The summed E-state index contributed by atoms with van der Waals surface area (Å²) in [6.07, 6.45) is 5.77. The molecule has 0 radical (unpaired) electrons. The minimum atomic E-state index is 0.614. The Balaban J connectivity index is 2.00. The zero-order valence-electron chi connectivity index (χ0n) is 15.9. The zero-order valence-corrected chi connectivity index (χ0v) is 15.9. The first-order valence-electron chi connectivity index (χ1n) is 9.41. The second kappa shape index (κ2) is 6.54. The predicted octanol–water partition coefficient (Wildman–Crippen LogP) is 7.55. The van der Waals surface area contributed by atoms with Crippen LogP contribution in [-0.4, -0.2) is 0 Å². The third kappa shape index (κ3) is 2.50. The van der Waals surface area contributed by atoms with Gasteiger partial charge in [0.15, 0.2) is 0 Å². The van der Waals surface area contributed by atoms with Gasteiger partial charge in [0.2, 0.25) is 0 Å². The van der Waals surface area contributed by atoms with Crippen LogP contribution in [0.2, 0.25) is 0 Å². The number of allylic oxidation sites excluding steroid dienone is 1. The number of para-hydroxylation sites is 1. The van der Waals surface area contributed by atoms with Crippen LogP contribution in [0.25, 0.3) is 56.2 Å². The second-order valence-corrected chi connectivity index (χ2v) is 6.88.